The molecule has 0 aliphatic rings. The van der Waals surface area contributed by atoms with Crippen molar-refractivity contribution in [1.82, 2.24) is 4.90 Å². The third-order valence-corrected chi connectivity index (χ3v) is 4.48. The number of ether oxygens (including phenoxy) is 2. The fourth-order valence-corrected chi connectivity index (χ4v) is 2.94. The molecule has 0 N–H and O–H groups in total. The van der Waals surface area contributed by atoms with Crippen LogP contribution in [0.3, 0.4) is 0 Å². The van der Waals surface area contributed by atoms with Crippen LogP contribution in [0.25, 0.3) is 0 Å². The number of hydrogen-bond donors (Lipinski definition) is 0. The smallest absolute Gasteiger partial charge is 0.331 e. The van der Waals surface area contributed by atoms with E-state index in [9.17, 15) is 9.59 Å². The van der Waals surface area contributed by atoms with Crippen molar-refractivity contribution in [2.24, 2.45) is 4.99 Å². The molecule has 0 spiro atoms. The molecule has 0 aliphatic heterocycles. The van der Waals surface area contributed by atoms with Crippen LogP contribution in [-0.2, 0) is 19.1 Å². The summed E-state index contributed by atoms with van der Waals surface area (Å²) >= 11 is 0. The lowest BCUT2D eigenvalue weighted by Gasteiger charge is -2.23. The molecular weight excluding hydrogens is 404 g/mol. The first kappa shape index (κ1) is 25.3. The quantitative estimate of drug-likeness (QED) is 0.412. The molecule has 0 heterocycles. The van der Waals surface area contributed by atoms with Gasteiger partial charge in [-0.1, -0.05) is 60.7 Å². The summed E-state index contributed by atoms with van der Waals surface area (Å²) in [6.45, 7) is 6.40. The Balaban J connectivity index is 2.30. The highest BCUT2D eigenvalue weighted by Gasteiger charge is 2.26. The number of hydrogen-bond acceptors (Lipinski definition) is 6. The molecule has 0 amide bonds. The maximum atomic E-state index is 13.0. The summed E-state index contributed by atoms with van der Waals surface area (Å²) in [5, 5.41) is 0. The minimum absolute atomic E-state index is 0.0810. The molecule has 6 nitrogen and oxygen atoms in total. The Bertz CT molecular complexity index is 846. The Hall–Kier alpha value is -2.99. The number of aliphatic imine (C=N–C) groups is 1. The van der Waals surface area contributed by atoms with E-state index in [1.165, 1.54) is 0 Å². The highest BCUT2D eigenvalue weighted by Crippen LogP contribution is 2.18. The number of rotatable bonds is 10. The molecule has 1 atom stereocenters. The van der Waals surface area contributed by atoms with Crippen LogP contribution < -0.4 is 0 Å². The molecule has 0 fully saturated rings. The van der Waals surface area contributed by atoms with Crippen molar-refractivity contribution >= 4 is 17.7 Å². The molecule has 2 rings (SSSR count). The molecule has 32 heavy (non-hydrogen) atoms. The number of esters is 2. The van der Waals surface area contributed by atoms with Gasteiger partial charge in [-0.3, -0.25) is 9.79 Å². The predicted molar refractivity (Wildman–Crippen MR) is 127 cm³/mol. The van der Waals surface area contributed by atoms with Crippen molar-refractivity contribution in [2.75, 3.05) is 27.2 Å². The van der Waals surface area contributed by atoms with Crippen molar-refractivity contribution in [3.05, 3.63) is 71.8 Å². The van der Waals surface area contributed by atoms with Crippen molar-refractivity contribution in [2.45, 2.75) is 45.3 Å². The number of nitrogens with zero attached hydrogens (tertiary/aromatic N) is 2. The lowest BCUT2D eigenvalue weighted by molar-refractivity contribution is -0.156. The van der Waals surface area contributed by atoms with E-state index >= 15 is 0 Å². The van der Waals surface area contributed by atoms with Gasteiger partial charge in [0.1, 0.15) is 18.2 Å². The average molecular weight is 439 g/mol. The highest BCUT2D eigenvalue weighted by molar-refractivity contribution is 6.13. The summed E-state index contributed by atoms with van der Waals surface area (Å²) in [6.07, 6.45) is 0.288. The summed E-state index contributed by atoms with van der Waals surface area (Å²) in [6, 6.07) is 18.6. The standard InChI is InChI=1S/C26H34N2O4/c1-26(2,3)32-25(30)22(16-17-23(29)31-19-18-28(4)5)27-24(20-12-8-6-9-13-20)21-14-10-7-11-15-21/h6-15,22H,16-19H2,1-5H3/t22-/m0/s1. The lowest BCUT2D eigenvalue weighted by Crippen LogP contribution is -2.32. The summed E-state index contributed by atoms with van der Waals surface area (Å²) in [4.78, 5) is 32.0. The van der Waals surface area contributed by atoms with E-state index in [-0.39, 0.29) is 18.8 Å². The van der Waals surface area contributed by atoms with Gasteiger partial charge in [0, 0.05) is 24.1 Å². The van der Waals surface area contributed by atoms with Gasteiger partial charge < -0.3 is 14.4 Å². The number of carbonyl (C=O) groups excluding carboxylic acids is 2. The summed E-state index contributed by atoms with van der Waals surface area (Å²) in [5.74, 6) is -0.806. The number of carbonyl (C=O) groups is 2. The fraction of sp³-hybridized carbons (Fsp3) is 0.423. The van der Waals surface area contributed by atoms with Gasteiger partial charge in [0.15, 0.2) is 0 Å². The SMILES string of the molecule is CN(C)CCOC(=O)CC[C@H](N=C(c1ccccc1)c1ccccc1)C(=O)OC(C)(C)C. The first-order chi connectivity index (χ1) is 15.2. The van der Waals surface area contributed by atoms with E-state index < -0.39 is 17.6 Å². The van der Waals surface area contributed by atoms with Gasteiger partial charge >= 0.3 is 11.9 Å². The van der Waals surface area contributed by atoms with Crippen molar-refractivity contribution in [3.8, 4) is 0 Å². The molecule has 0 saturated heterocycles. The Morgan fingerprint density at radius 3 is 1.94 bits per heavy atom. The second-order valence-corrected chi connectivity index (χ2v) is 8.82. The molecule has 0 bridgehead atoms. The largest absolute Gasteiger partial charge is 0.464 e. The molecule has 0 saturated carbocycles. The Morgan fingerprint density at radius 1 is 0.938 bits per heavy atom. The van der Waals surface area contributed by atoms with Gasteiger partial charge in [0.2, 0.25) is 0 Å². The van der Waals surface area contributed by atoms with Crippen LogP contribution in [0, 0.1) is 0 Å². The van der Waals surface area contributed by atoms with Crippen molar-refractivity contribution in [1.29, 1.82) is 0 Å². The number of likely N-dealkylation sites (N-methyl/N-ethyl adjacent to an activating group) is 1. The molecule has 2 aromatic carbocycles. The third kappa shape index (κ3) is 9.02. The second kappa shape index (κ2) is 12.2. The van der Waals surface area contributed by atoms with Gasteiger partial charge in [0.25, 0.3) is 0 Å². The third-order valence-electron chi connectivity index (χ3n) is 4.48. The maximum Gasteiger partial charge on any atom is 0.331 e. The molecule has 2 aromatic rings. The summed E-state index contributed by atoms with van der Waals surface area (Å²) in [7, 11) is 3.82. The van der Waals surface area contributed by atoms with Gasteiger partial charge in [-0.2, -0.15) is 0 Å². The van der Waals surface area contributed by atoms with Crippen molar-refractivity contribution < 1.29 is 19.1 Å². The normalized spacial score (nSPS) is 12.2. The van der Waals surface area contributed by atoms with Gasteiger partial charge in [-0.05, 0) is 41.3 Å². The zero-order chi connectivity index (χ0) is 23.6. The van der Waals surface area contributed by atoms with E-state index in [2.05, 4.69) is 0 Å². The second-order valence-electron chi connectivity index (χ2n) is 8.82. The van der Waals surface area contributed by atoms with Crippen LogP contribution in [0.2, 0.25) is 0 Å². The van der Waals surface area contributed by atoms with Gasteiger partial charge in [0.05, 0.1) is 5.71 Å². The topological polar surface area (TPSA) is 68.2 Å². The van der Waals surface area contributed by atoms with Crippen LogP contribution in [-0.4, -0.2) is 61.4 Å². The number of benzene rings is 2. The molecule has 0 aromatic heterocycles. The van der Waals surface area contributed by atoms with Crippen LogP contribution in [0.15, 0.2) is 65.7 Å². The highest BCUT2D eigenvalue weighted by atomic mass is 16.6. The van der Waals surface area contributed by atoms with Crippen LogP contribution in [0.4, 0.5) is 0 Å². The minimum atomic E-state index is -0.828. The van der Waals surface area contributed by atoms with Gasteiger partial charge in [-0.15, -0.1) is 0 Å². The lowest BCUT2D eigenvalue weighted by atomic mass is 10.0. The molecule has 0 aliphatic carbocycles. The molecule has 172 valence electrons. The van der Waals surface area contributed by atoms with E-state index in [0.717, 1.165) is 11.1 Å². The average Bonchev–Trinajstić information content (AvgIpc) is 2.73. The minimum Gasteiger partial charge on any atom is -0.464 e. The fourth-order valence-electron chi connectivity index (χ4n) is 2.94. The monoisotopic (exact) mass is 438 g/mol. The van der Waals surface area contributed by atoms with Crippen molar-refractivity contribution in [3.63, 3.8) is 0 Å². The van der Waals surface area contributed by atoms with E-state index in [0.29, 0.717) is 18.9 Å². The van der Waals surface area contributed by atoms with Crippen LogP contribution in [0.5, 0.6) is 0 Å². The first-order valence-corrected chi connectivity index (χ1v) is 10.9. The zero-order valence-corrected chi connectivity index (χ0v) is 19.7. The Morgan fingerprint density at radius 2 is 1.47 bits per heavy atom. The van der Waals surface area contributed by atoms with Crippen LogP contribution >= 0.6 is 0 Å². The van der Waals surface area contributed by atoms with E-state index in [4.69, 9.17) is 14.5 Å². The van der Waals surface area contributed by atoms with E-state index in [1.54, 1.807) is 0 Å². The zero-order valence-electron chi connectivity index (χ0n) is 19.7. The molecule has 6 heteroatoms. The van der Waals surface area contributed by atoms with Crippen LogP contribution in [0.1, 0.15) is 44.7 Å². The summed E-state index contributed by atoms with van der Waals surface area (Å²) < 4.78 is 10.9. The Kier molecular flexibility index (Phi) is 9.60. The predicted octanol–water partition coefficient (Wildman–Crippen LogP) is 4.12. The van der Waals surface area contributed by atoms with Gasteiger partial charge in [-0.25, -0.2) is 4.79 Å². The molecular formula is C26H34N2O4. The molecule has 0 radical (unpaired) electrons. The van der Waals surface area contributed by atoms with E-state index in [1.807, 2.05) is 100 Å². The summed E-state index contributed by atoms with van der Waals surface area (Å²) in [5.41, 5.74) is 1.81. The molecule has 0 unspecified atom stereocenters. The maximum absolute atomic E-state index is 13.0. The Labute approximate surface area is 191 Å². The first-order valence-electron chi connectivity index (χ1n) is 10.9.